The summed E-state index contributed by atoms with van der Waals surface area (Å²) < 4.78 is 2.25. The Morgan fingerprint density at radius 3 is 2.79 bits per heavy atom. The van der Waals surface area contributed by atoms with E-state index in [9.17, 15) is 0 Å². The predicted octanol–water partition coefficient (Wildman–Crippen LogP) is 2.11. The Hall–Kier alpha value is -0.870. The number of rotatable bonds is 6. The van der Waals surface area contributed by atoms with Crippen molar-refractivity contribution in [1.82, 2.24) is 19.8 Å². The van der Waals surface area contributed by atoms with E-state index in [-0.39, 0.29) is 0 Å². The van der Waals surface area contributed by atoms with Gasteiger partial charge in [0.1, 0.15) is 0 Å². The molecule has 4 nitrogen and oxygen atoms in total. The Balaban J connectivity index is 1.78. The number of aryl methyl sites for hydroxylation is 1. The molecule has 1 fully saturated rings. The standard InChI is InChI=1S/C15H28N4/c1-4-7-19-13-17-11-14(19)10-16-12-15(2)5-8-18(3)9-6-15/h11,13,16H,4-10,12H2,1-3H3. The van der Waals surface area contributed by atoms with Crippen molar-refractivity contribution in [3.8, 4) is 0 Å². The third-order valence-corrected chi connectivity index (χ3v) is 4.32. The van der Waals surface area contributed by atoms with E-state index in [0.29, 0.717) is 5.41 Å². The van der Waals surface area contributed by atoms with Crippen LogP contribution >= 0.6 is 0 Å². The monoisotopic (exact) mass is 264 g/mol. The summed E-state index contributed by atoms with van der Waals surface area (Å²) in [5, 5.41) is 3.63. The highest BCUT2D eigenvalue weighted by molar-refractivity contribution is 4.98. The molecule has 0 radical (unpaired) electrons. The van der Waals surface area contributed by atoms with Crippen LogP contribution in [0.5, 0.6) is 0 Å². The summed E-state index contributed by atoms with van der Waals surface area (Å²) in [7, 11) is 2.22. The maximum atomic E-state index is 4.25. The summed E-state index contributed by atoms with van der Waals surface area (Å²) in [6.45, 7) is 10.2. The van der Waals surface area contributed by atoms with Crippen LogP contribution < -0.4 is 5.32 Å². The molecule has 0 unspecified atom stereocenters. The lowest BCUT2D eigenvalue weighted by molar-refractivity contribution is 0.136. The van der Waals surface area contributed by atoms with Crippen LogP contribution in [-0.4, -0.2) is 41.1 Å². The van der Waals surface area contributed by atoms with E-state index in [1.54, 1.807) is 0 Å². The minimum Gasteiger partial charge on any atom is -0.333 e. The van der Waals surface area contributed by atoms with Crippen molar-refractivity contribution in [1.29, 1.82) is 0 Å². The molecular weight excluding hydrogens is 236 g/mol. The van der Waals surface area contributed by atoms with Crippen LogP contribution in [0.1, 0.15) is 38.8 Å². The number of aromatic nitrogens is 2. The lowest BCUT2D eigenvalue weighted by atomic mass is 9.80. The highest BCUT2D eigenvalue weighted by Gasteiger charge is 2.28. The van der Waals surface area contributed by atoms with Gasteiger partial charge in [0.25, 0.3) is 0 Å². The molecule has 0 bridgehead atoms. The molecule has 19 heavy (non-hydrogen) atoms. The Labute approximate surface area is 117 Å². The summed E-state index contributed by atoms with van der Waals surface area (Å²) in [6.07, 6.45) is 7.68. The van der Waals surface area contributed by atoms with E-state index >= 15 is 0 Å². The van der Waals surface area contributed by atoms with Gasteiger partial charge in [-0.15, -0.1) is 0 Å². The molecule has 1 aromatic rings. The van der Waals surface area contributed by atoms with E-state index in [4.69, 9.17) is 0 Å². The molecule has 0 aliphatic carbocycles. The number of piperidine rings is 1. The van der Waals surface area contributed by atoms with Crippen molar-refractivity contribution in [2.24, 2.45) is 5.41 Å². The van der Waals surface area contributed by atoms with Crippen LogP contribution in [-0.2, 0) is 13.1 Å². The second-order valence-electron chi connectivity index (χ2n) is 6.30. The Morgan fingerprint density at radius 1 is 1.37 bits per heavy atom. The molecule has 1 aliphatic heterocycles. The van der Waals surface area contributed by atoms with Gasteiger partial charge in [-0.2, -0.15) is 0 Å². The fourth-order valence-corrected chi connectivity index (χ4v) is 2.77. The quantitative estimate of drug-likeness (QED) is 0.854. The molecular formula is C15H28N4. The Morgan fingerprint density at radius 2 is 2.11 bits per heavy atom. The molecule has 2 rings (SSSR count). The smallest absolute Gasteiger partial charge is 0.0948 e. The first-order valence-corrected chi connectivity index (χ1v) is 7.51. The van der Waals surface area contributed by atoms with Crippen LogP contribution in [0.25, 0.3) is 0 Å². The van der Waals surface area contributed by atoms with E-state index in [0.717, 1.165) is 26.1 Å². The number of likely N-dealkylation sites (tertiary alicyclic amines) is 1. The van der Waals surface area contributed by atoms with Crippen LogP contribution in [0, 0.1) is 5.41 Å². The van der Waals surface area contributed by atoms with Gasteiger partial charge in [-0.05, 0) is 44.8 Å². The Bertz CT molecular complexity index is 377. The average Bonchev–Trinajstić information content (AvgIpc) is 2.82. The van der Waals surface area contributed by atoms with Gasteiger partial charge in [-0.3, -0.25) is 0 Å². The average molecular weight is 264 g/mol. The molecule has 108 valence electrons. The van der Waals surface area contributed by atoms with Crippen molar-refractivity contribution in [3.05, 3.63) is 18.2 Å². The zero-order chi connectivity index (χ0) is 13.7. The molecule has 2 heterocycles. The van der Waals surface area contributed by atoms with Gasteiger partial charge in [0.2, 0.25) is 0 Å². The second-order valence-corrected chi connectivity index (χ2v) is 6.30. The third-order valence-electron chi connectivity index (χ3n) is 4.32. The first kappa shape index (κ1) is 14.5. The predicted molar refractivity (Wildman–Crippen MR) is 79.1 cm³/mol. The van der Waals surface area contributed by atoms with Crippen LogP contribution in [0.4, 0.5) is 0 Å². The van der Waals surface area contributed by atoms with Gasteiger partial charge in [0.05, 0.1) is 12.0 Å². The third kappa shape index (κ3) is 4.05. The second kappa shape index (κ2) is 6.53. The largest absolute Gasteiger partial charge is 0.333 e. The lowest BCUT2D eigenvalue weighted by Crippen LogP contribution is -2.42. The first-order chi connectivity index (χ1) is 9.13. The van der Waals surface area contributed by atoms with Crippen molar-refractivity contribution < 1.29 is 0 Å². The molecule has 0 aromatic carbocycles. The minimum absolute atomic E-state index is 0.460. The van der Waals surface area contributed by atoms with E-state index in [1.165, 1.54) is 31.6 Å². The summed E-state index contributed by atoms with van der Waals surface area (Å²) >= 11 is 0. The molecule has 1 N–H and O–H groups in total. The lowest BCUT2D eigenvalue weighted by Gasteiger charge is -2.38. The SMILES string of the molecule is CCCn1cncc1CNCC1(C)CCN(C)CC1. The summed E-state index contributed by atoms with van der Waals surface area (Å²) in [5.74, 6) is 0. The van der Waals surface area contributed by atoms with E-state index in [2.05, 4.69) is 40.7 Å². The van der Waals surface area contributed by atoms with Crippen LogP contribution in [0.3, 0.4) is 0 Å². The summed E-state index contributed by atoms with van der Waals surface area (Å²) in [6, 6.07) is 0. The van der Waals surface area contributed by atoms with Gasteiger partial charge >= 0.3 is 0 Å². The number of imidazole rings is 1. The van der Waals surface area contributed by atoms with Gasteiger partial charge in [0.15, 0.2) is 0 Å². The highest BCUT2D eigenvalue weighted by Crippen LogP contribution is 2.29. The normalized spacial score (nSPS) is 19.7. The zero-order valence-electron chi connectivity index (χ0n) is 12.7. The van der Waals surface area contributed by atoms with Crippen molar-refractivity contribution in [2.45, 2.75) is 46.2 Å². The molecule has 1 aliphatic rings. The molecule has 0 amide bonds. The number of hydrogen-bond donors (Lipinski definition) is 1. The van der Waals surface area contributed by atoms with Gasteiger partial charge in [-0.25, -0.2) is 4.98 Å². The topological polar surface area (TPSA) is 33.1 Å². The summed E-state index contributed by atoms with van der Waals surface area (Å²) in [4.78, 5) is 6.68. The number of hydrogen-bond acceptors (Lipinski definition) is 3. The fraction of sp³-hybridized carbons (Fsp3) is 0.800. The summed E-state index contributed by atoms with van der Waals surface area (Å²) in [5.41, 5.74) is 1.76. The van der Waals surface area contributed by atoms with Crippen molar-refractivity contribution >= 4 is 0 Å². The van der Waals surface area contributed by atoms with Crippen molar-refractivity contribution in [2.75, 3.05) is 26.7 Å². The maximum Gasteiger partial charge on any atom is 0.0948 e. The highest BCUT2D eigenvalue weighted by atomic mass is 15.1. The molecule has 0 saturated carbocycles. The molecule has 4 heteroatoms. The molecule has 0 spiro atoms. The van der Waals surface area contributed by atoms with Gasteiger partial charge < -0.3 is 14.8 Å². The number of nitrogens with zero attached hydrogens (tertiary/aromatic N) is 3. The van der Waals surface area contributed by atoms with Gasteiger partial charge in [-0.1, -0.05) is 13.8 Å². The van der Waals surface area contributed by atoms with E-state index < -0.39 is 0 Å². The van der Waals surface area contributed by atoms with Crippen LogP contribution in [0.15, 0.2) is 12.5 Å². The van der Waals surface area contributed by atoms with Crippen molar-refractivity contribution in [3.63, 3.8) is 0 Å². The van der Waals surface area contributed by atoms with E-state index in [1.807, 2.05) is 12.5 Å². The molecule has 1 saturated heterocycles. The number of nitrogens with one attached hydrogen (secondary N) is 1. The van der Waals surface area contributed by atoms with Crippen LogP contribution in [0.2, 0.25) is 0 Å². The van der Waals surface area contributed by atoms with Gasteiger partial charge in [0, 0.05) is 25.8 Å². The molecule has 0 atom stereocenters. The molecule has 1 aromatic heterocycles. The first-order valence-electron chi connectivity index (χ1n) is 7.51. The zero-order valence-corrected chi connectivity index (χ0v) is 12.7. The fourth-order valence-electron chi connectivity index (χ4n) is 2.77. The Kier molecular flexibility index (Phi) is 4.99. The minimum atomic E-state index is 0.460. The maximum absolute atomic E-state index is 4.25.